The zero-order valence-corrected chi connectivity index (χ0v) is 20.2. The number of aliphatic carboxylic acids is 1. The molecule has 1 aromatic heterocycles. The molecular formula is C17H18N7NaO6S. The van der Waals surface area contributed by atoms with Crippen molar-refractivity contribution in [2.45, 2.75) is 55.7 Å². The number of ether oxygens (including phenoxy) is 1. The maximum Gasteiger partial charge on any atom is 1.00 e. The summed E-state index contributed by atoms with van der Waals surface area (Å²) in [6.45, 7) is 1.17. The maximum atomic E-state index is 12.6. The van der Waals surface area contributed by atoms with E-state index in [1.54, 1.807) is 0 Å². The van der Waals surface area contributed by atoms with Crippen LogP contribution in [-0.4, -0.2) is 90.4 Å². The van der Waals surface area contributed by atoms with E-state index in [1.165, 1.54) is 16.5 Å². The van der Waals surface area contributed by atoms with E-state index in [1.807, 2.05) is 0 Å². The Hall–Kier alpha value is -2.00. The van der Waals surface area contributed by atoms with Crippen molar-refractivity contribution in [3.63, 3.8) is 0 Å². The quantitative estimate of drug-likeness (QED) is 0.230. The van der Waals surface area contributed by atoms with Gasteiger partial charge in [-0.2, -0.15) is 0 Å². The SMILES string of the molecule is CC(=O)N1CO[C@H]2C(CSc3nnnn3CC(=O)NC3CC3)=C(C(=O)[O-])N3C(=O)C1[C@@H]23.[Na+]. The zero-order chi connectivity index (χ0) is 21.9. The van der Waals surface area contributed by atoms with E-state index < -0.39 is 30.1 Å². The van der Waals surface area contributed by atoms with Crippen LogP contribution in [0.15, 0.2) is 16.4 Å². The van der Waals surface area contributed by atoms with Gasteiger partial charge in [-0.15, -0.1) is 5.10 Å². The van der Waals surface area contributed by atoms with Gasteiger partial charge in [0.05, 0.1) is 17.7 Å². The second-order valence-electron chi connectivity index (χ2n) is 7.76. The Balaban J connectivity index is 0.00000245. The summed E-state index contributed by atoms with van der Waals surface area (Å²) in [5.41, 5.74) is 0.130. The predicted molar refractivity (Wildman–Crippen MR) is 98.4 cm³/mol. The number of nitrogens with zero attached hydrogens (tertiary/aromatic N) is 6. The minimum Gasteiger partial charge on any atom is -0.543 e. The van der Waals surface area contributed by atoms with Crippen LogP contribution in [0.2, 0.25) is 0 Å². The molecule has 4 aliphatic rings. The molecule has 32 heavy (non-hydrogen) atoms. The van der Waals surface area contributed by atoms with Crippen LogP contribution in [0.1, 0.15) is 19.8 Å². The number of carbonyl (C=O) groups is 4. The Morgan fingerprint density at radius 1 is 1.31 bits per heavy atom. The molecule has 13 nitrogen and oxygen atoms in total. The normalized spacial score (nSPS) is 25.8. The van der Waals surface area contributed by atoms with Crippen molar-refractivity contribution in [2.75, 3.05) is 12.5 Å². The van der Waals surface area contributed by atoms with E-state index in [-0.39, 0.29) is 72.1 Å². The average Bonchev–Trinajstić information content (AvgIpc) is 3.32. The summed E-state index contributed by atoms with van der Waals surface area (Å²) in [4.78, 5) is 50.7. The van der Waals surface area contributed by atoms with Crippen LogP contribution in [0.4, 0.5) is 0 Å². The van der Waals surface area contributed by atoms with E-state index in [9.17, 15) is 24.3 Å². The molecule has 4 heterocycles. The van der Waals surface area contributed by atoms with Gasteiger partial charge in [-0.25, -0.2) is 4.68 Å². The number of β-lactam (4-membered cyclic amide) rings is 1. The molecule has 1 aliphatic carbocycles. The second-order valence-corrected chi connectivity index (χ2v) is 8.70. The van der Waals surface area contributed by atoms with Gasteiger partial charge in [0.25, 0.3) is 5.91 Å². The van der Waals surface area contributed by atoms with Gasteiger partial charge in [0.2, 0.25) is 17.0 Å². The van der Waals surface area contributed by atoms with E-state index >= 15 is 0 Å². The Morgan fingerprint density at radius 3 is 2.72 bits per heavy atom. The van der Waals surface area contributed by atoms with Crippen LogP contribution in [0.25, 0.3) is 0 Å². The standard InChI is InChI=1S/C17H19N7O6S.Na/c1-7(25)22-6-30-14-9(11(16(28)29)24-12(14)13(22)15(24)27)5-31-17-19-20-21-23(17)4-10(26)18-8-2-3-8;/h8,12-14H,2-6H2,1H3,(H,18,26)(H,28,29);/q;+1/p-1/t12-,13?,14-;/m0./s1. The van der Waals surface area contributed by atoms with Crippen LogP contribution in [-0.2, 0) is 30.5 Å². The molecule has 1 unspecified atom stereocenters. The van der Waals surface area contributed by atoms with Crippen molar-refractivity contribution in [2.24, 2.45) is 0 Å². The van der Waals surface area contributed by atoms with Crippen molar-refractivity contribution < 1.29 is 58.6 Å². The van der Waals surface area contributed by atoms with Crippen molar-refractivity contribution >= 4 is 35.5 Å². The number of hydrogen-bond donors (Lipinski definition) is 1. The Morgan fingerprint density at radius 2 is 2.06 bits per heavy atom. The van der Waals surface area contributed by atoms with E-state index in [4.69, 9.17) is 4.74 Å². The van der Waals surface area contributed by atoms with E-state index in [0.717, 1.165) is 29.5 Å². The summed E-state index contributed by atoms with van der Waals surface area (Å²) in [6.07, 6.45) is 1.26. The molecule has 1 aromatic rings. The van der Waals surface area contributed by atoms with E-state index in [2.05, 4.69) is 20.8 Å². The summed E-state index contributed by atoms with van der Waals surface area (Å²) in [5, 5.41) is 26.3. The third-order valence-electron chi connectivity index (χ3n) is 5.73. The molecule has 0 aromatic carbocycles. The summed E-state index contributed by atoms with van der Waals surface area (Å²) < 4.78 is 7.09. The summed E-state index contributed by atoms with van der Waals surface area (Å²) in [5.74, 6) is -2.36. The van der Waals surface area contributed by atoms with Gasteiger partial charge in [0.15, 0.2) is 0 Å². The van der Waals surface area contributed by atoms with Gasteiger partial charge >= 0.3 is 29.6 Å². The number of tetrazole rings is 1. The molecule has 1 N–H and O–H groups in total. The first-order chi connectivity index (χ1) is 14.9. The largest absolute Gasteiger partial charge is 1.00 e. The number of hydrogen-bond acceptors (Lipinski definition) is 10. The van der Waals surface area contributed by atoms with Crippen molar-refractivity contribution in [3.05, 3.63) is 11.3 Å². The fraction of sp³-hybridized carbons (Fsp3) is 0.588. The Labute approximate surface area is 208 Å². The van der Waals surface area contributed by atoms with Crippen LogP contribution in [0.5, 0.6) is 0 Å². The smallest absolute Gasteiger partial charge is 0.543 e. The molecule has 3 atom stereocenters. The fourth-order valence-electron chi connectivity index (χ4n) is 4.15. The maximum absolute atomic E-state index is 12.6. The minimum atomic E-state index is -1.49. The number of thioether (sulfide) groups is 1. The molecular weight excluding hydrogens is 453 g/mol. The summed E-state index contributed by atoms with van der Waals surface area (Å²) >= 11 is 1.13. The molecule has 5 rings (SSSR count). The number of aromatic nitrogens is 4. The third-order valence-corrected chi connectivity index (χ3v) is 6.74. The van der Waals surface area contributed by atoms with Gasteiger partial charge in [0, 0.05) is 18.7 Å². The summed E-state index contributed by atoms with van der Waals surface area (Å²) in [7, 11) is 0. The molecule has 1 saturated carbocycles. The number of nitrogens with one attached hydrogen (secondary N) is 1. The van der Waals surface area contributed by atoms with E-state index in [0.29, 0.717) is 10.7 Å². The molecule has 0 radical (unpaired) electrons. The second kappa shape index (κ2) is 8.74. The van der Waals surface area contributed by atoms with Gasteiger partial charge in [0.1, 0.15) is 25.4 Å². The van der Waals surface area contributed by atoms with Crippen LogP contribution in [0.3, 0.4) is 0 Å². The van der Waals surface area contributed by atoms with Gasteiger partial charge < -0.3 is 24.9 Å². The van der Waals surface area contributed by atoms with Crippen LogP contribution >= 0.6 is 11.8 Å². The topological polar surface area (TPSA) is 163 Å². The first-order valence-corrected chi connectivity index (χ1v) is 10.7. The molecule has 2 saturated heterocycles. The Bertz CT molecular complexity index is 1030. The first-order valence-electron chi connectivity index (χ1n) is 9.71. The van der Waals surface area contributed by atoms with Crippen LogP contribution < -0.4 is 40.0 Å². The van der Waals surface area contributed by atoms with Gasteiger partial charge in [-0.3, -0.25) is 19.3 Å². The number of rotatable bonds is 7. The molecule has 15 heteroatoms. The molecule has 0 spiro atoms. The zero-order valence-electron chi connectivity index (χ0n) is 17.4. The molecule has 3 aliphatic heterocycles. The van der Waals surface area contributed by atoms with Crippen molar-refractivity contribution in [3.8, 4) is 0 Å². The first kappa shape index (κ1) is 23.2. The molecule has 3 fully saturated rings. The number of carbonyl (C=O) groups excluding carboxylic acids is 4. The van der Waals surface area contributed by atoms with Crippen molar-refractivity contribution in [1.82, 2.24) is 35.3 Å². The summed E-state index contributed by atoms with van der Waals surface area (Å²) in [6, 6.07) is -1.12. The van der Waals surface area contributed by atoms with Gasteiger partial charge in [-0.05, 0) is 28.8 Å². The fourth-order valence-corrected chi connectivity index (χ4v) is 5.08. The Kier molecular flexibility index (Phi) is 6.33. The van der Waals surface area contributed by atoms with Crippen molar-refractivity contribution in [1.29, 1.82) is 0 Å². The number of amides is 3. The molecule has 164 valence electrons. The van der Waals surface area contributed by atoms with Gasteiger partial charge in [-0.1, -0.05) is 11.8 Å². The average molecular weight is 471 g/mol. The van der Waals surface area contributed by atoms with Crippen LogP contribution in [0, 0.1) is 0 Å². The monoisotopic (exact) mass is 471 g/mol. The minimum absolute atomic E-state index is 0. The predicted octanol–water partition coefficient (Wildman–Crippen LogP) is -6.15. The number of carboxylic acid groups (broad SMARTS) is 1. The number of carboxylic acids is 1. The third kappa shape index (κ3) is 3.83. The molecule has 0 bridgehead atoms. The molecule has 3 amide bonds.